The predicted octanol–water partition coefficient (Wildman–Crippen LogP) is 5.84. The lowest BCUT2D eigenvalue weighted by molar-refractivity contribution is 0.0492. The molecule has 0 saturated heterocycles. The molecule has 0 aliphatic heterocycles. The maximum absolute atomic E-state index is 12.9. The van der Waals surface area contributed by atoms with Crippen molar-refractivity contribution in [2.75, 3.05) is 5.32 Å². The Labute approximate surface area is 191 Å². The Morgan fingerprint density at radius 1 is 1.06 bits per heavy atom. The molecule has 2 N–H and O–H groups in total. The molecule has 0 radical (unpaired) electrons. The first-order valence-corrected chi connectivity index (χ1v) is 11.9. The number of benzene rings is 1. The van der Waals surface area contributed by atoms with Gasteiger partial charge in [0.05, 0.1) is 16.8 Å². The van der Waals surface area contributed by atoms with E-state index in [9.17, 15) is 9.59 Å². The van der Waals surface area contributed by atoms with Gasteiger partial charge in [-0.3, -0.25) is 9.78 Å². The van der Waals surface area contributed by atoms with Gasteiger partial charge in [0.15, 0.2) is 5.78 Å². The molecular weight excluding hydrogens is 458 g/mol. The third-order valence-corrected chi connectivity index (χ3v) is 6.33. The molecule has 6 nitrogen and oxygen atoms in total. The number of Topliss-reactive ketones (excluding diaryl/α,β-unsaturated/α-hetero) is 1. The number of alkyl carbamates (subject to hydrolysis) is 1. The minimum atomic E-state index is -0.496. The molecule has 0 unspecified atom stereocenters. The fraction of sp³-hybridized carbons (Fsp3) is 0.542. The first-order valence-electron chi connectivity index (χ1n) is 11.1. The Morgan fingerprint density at radius 3 is 2.39 bits per heavy atom. The zero-order chi connectivity index (χ0) is 22.2. The molecule has 0 bridgehead atoms. The van der Waals surface area contributed by atoms with Crippen LogP contribution in [0.1, 0.15) is 69.7 Å². The van der Waals surface area contributed by atoms with Crippen LogP contribution in [-0.2, 0) is 4.74 Å². The van der Waals surface area contributed by atoms with E-state index in [0.29, 0.717) is 5.56 Å². The summed E-state index contributed by atoms with van der Waals surface area (Å²) in [6.45, 7) is 5.60. The third-order valence-electron chi connectivity index (χ3n) is 5.84. The summed E-state index contributed by atoms with van der Waals surface area (Å²) in [6.07, 6.45) is 6.88. The normalized spacial score (nSPS) is 21.5. The van der Waals surface area contributed by atoms with Crippen LogP contribution in [0.5, 0.6) is 0 Å². The first-order chi connectivity index (χ1) is 14.7. The van der Waals surface area contributed by atoms with Crippen LogP contribution >= 0.6 is 15.9 Å². The van der Waals surface area contributed by atoms with Gasteiger partial charge in [-0.15, -0.1) is 0 Å². The van der Waals surface area contributed by atoms with Crippen molar-refractivity contribution in [2.24, 2.45) is 5.92 Å². The zero-order valence-corrected chi connectivity index (χ0v) is 19.9. The molecule has 7 heteroatoms. The Bertz CT molecular complexity index is 989. The molecule has 0 spiro atoms. The Kier molecular flexibility index (Phi) is 6.24. The number of nitrogens with one attached hydrogen (secondary N) is 2. The average molecular weight is 488 g/mol. The summed E-state index contributed by atoms with van der Waals surface area (Å²) in [4.78, 5) is 29.5. The van der Waals surface area contributed by atoms with E-state index in [0.717, 1.165) is 59.6 Å². The summed E-state index contributed by atoms with van der Waals surface area (Å²) in [5.41, 5.74) is 1.97. The molecule has 0 atom stereocenters. The highest BCUT2D eigenvalue weighted by Crippen LogP contribution is 2.38. The second kappa shape index (κ2) is 8.77. The van der Waals surface area contributed by atoms with Crippen LogP contribution in [-0.4, -0.2) is 34.5 Å². The van der Waals surface area contributed by atoms with Gasteiger partial charge in [-0.05, 0) is 77.5 Å². The fourth-order valence-electron chi connectivity index (χ4n) is 4.13. The van der Waals surface area contributed by atoms with E-state index in [4.69, 9.17) is 4.74 Å². The number of hydrogen-bond acceptors (Lipinski definition) is 5. The number of pyridine rings is 1. The number of rotatable bonds is 5. The van der Waals surface area contributed by atoms with Crippen molar-refractivity contribution in [2.45, 2.75) is 77.0 Å². The quantitative estimate of drug-likeness (QED) is 0.517. The molecule has 4 rings (SSSR count). The number of nitrogens with zero attached hydrogens (tertiary/aromatic N) is 1. The van der Waals surface area contributed by atoms with Crippen molar-refractivity contribution in [3.63, 3.8) is 0 Å². The molecule has 2 aliphatic carbocycles. The molecule has 1 heterocycles. The molecule has 2 fully saturated rings. The summed E-state index contributed by atoms with van der Waals surface area (Å²) in [7, 11) is 0. The molecule has 2 saturated carbocycles. The second-order valence-electron chi connectivity index (χ2n) is 9.69. The van der Waals surface area contributed by atoms with E-state index in [1.165, 1.54) is 0 Å². The van der Waals surface area contributed by atoms with Crippen molar-refractivity contribution in [3.8, 4) is 0 Å². The number of ketones is 1. The standard InChI is InChI=1S/C24H30BrN3O3/c1-24(2,3)31-23(30)28-17-9-7-16(8-10-17)27-21-18-12-15(25)6-11-20(18)26-13-19(21)22(29)14-4-5-14/h6,11-14,16-17H,4-5,7-10H2,1-3H3,(H,26,27)(H,28,30). The van der Waals surface area contributed by atoms with Gasteiger partial charge in [0, 0.05) is 34.1 Å². The Hall–Kier alpha value is -2.15. The van der Waals surface area contributed by atoms with Gasteiger partial charge in [-0.1, -0.05) is 15.9 Å². The minimum absolute atomic E-state index is 0.115. The van der Waals surface area contributed by atoms with E-state index in [-0.39, 0.29) is 29.9 Å². The minimum Gasteiger partial charge on any atom is -0.444 e. The maximum Gasteiger partial charge on any atom is 0.407 e. The van der Waals surface area contributed by atoms with Crippen LogP contribution in [0.2, 0.25) is 0 Å². The van der Waals surface area contributed by atoms with Gasteiger partial charge >= 0.3 is 6.09 Å². The molecule has 1 amide bonds. The number of ether oxygens (including phenoxy) is 1. The monoisotopic (exact) mass is 487 g/mol. The number of hydrogen-bond donors (Lipinski definition) is 2. The number of amides is 1. The van der Waals surface area contributed by atoms with Crippen molar-refractivity contribution < 1.29 is 14.3 Å². The topological polar surface area (TPSA) is 80.3 Å². The van der Waals surface area contributed by atoms with Crippen LogP contribution in [0.25, 0.3) is 10.9 Å². The highest BCUT2D eigenvalue weighted by Gasteiger charge is 2.33. The number of anilines is 1. The highest BCUT2D eigenvalue weighted by atomic mass is 79.9. The van der Waals surface area contributed by atoms with Gasteiger partial charge in [0.2, 0.25) is 0 Å². The number of carbonyl (C=O) groups is 2. The smallest absolute Gasteiger partial charge is 0.407 e. The van der Waals surface area contributed by atoms with Gasteiger partial charge < -0.3 is 15.4 Å². The average Bonchev–Trinajstić information content (AvgIpc) is 3.53. The van der Waals surface area contributed by atoms with E-state index >= 15 is 0 Å². The Balaban J connectivity index is 1.47. The van der Waals surface area contributed by atoms with Crippen LogP contribution in [0.15, 0.2) is 28.9 Å². The number of aromatic nitrogens is 1. The van der Waals surface area contributed by atoms with Gasteiger partial charge in [-0.25, -0.2) is 4.79 Å². The Morgan fingerprint density at radius 2 is 1.74 bits per heavy atom. The van der Waals surface area contributed by atoms with Gasteiger partial charge in [0.1, 0.15) is 5.60 Å². The fourth-order valence-corrected chi connectivity index (χ4v) is 4.49. The number of carbonyl (C=O) groups excluding carboxylic acids is 2. The van der Waals surface area contributed by atoms with Crippen molar-refractivity contribution in [1.82, 2.24) is 10.3 Å². The summed E-state index contributed by atoms with van der Waals surface area (Å²) in [5, 5.41) is 7.63. The third kappa shape index (κ3) is 5.56. The largest absolute Gasteiger partial charge is 0.444 e. The first kappa shape index (κ1) is 22.1. The lowest BCUT2D eigenvalue weighted by atomic mass is 9.90. The highest BCUT2D eigenvalue weighted by molar-refractivity contribution is 9.10. The molecule has 31 heavy (non-hydrogen) atoms. The van der Waals surface area contributed by atoms with E-state index < -0.39 is 5.60 Å². The van der Waals surface area contributed by atoms with Crippen molar-refractivity contribution >= 4 is 44.4 Å². The molecule has 2 aliphatic rings. The second-order valence-corrected chi connectivity index (χ2v) is 10.6. The van der Waals surface area contributed by atoms with Crippen molar-refractivity contribution in [3.05, 3.63) is 34.4 Å². The SMILES string of the molecule is CC(C)(C)OC(=O)NC1CCC(Nc2c(C(=O)C3CC3)cnc3ccc(Br)cc23)CC1. The van der Waals surface area contributed by atoms with Crippen LogP contribution in [0.4, 0.5) is 10.5 Å². The summed E-state index contributed by atoms with van der Waals surface area (Å²) in [6, 6.07) is 6.33. The summed E-state index contributed by atoms with van der Waals surface area (Å²) >= 11 is 3.55. The lowest BCUT2D eigenvalue weighted by Crippen LogP contribution is -2.42. The molecule has 1 aromatic carbocycles. The summed E-state index contributed by atoms with van der Waals surface area (Å²) < 4.78 is 6.34. The van der Waals surface area contributed by atoms with E-state index in [2.05, 4.69) is 31.5 Å². The van der Waals surface area contributed by atoms with E-state index in [1.807, 2.05) is 39.0 Å². The maximum atomic E-state index is 12.9. The lowest BCUT2D eigenvalue weighted by Gasteiger charge is -2.31. The molecular formula is C24H30BrN3O3. The van der Waals surface area contributed by atoms with Crippen LogP contribution < -0.4 is 10.6 Å². The number of fused-ring (bicyclic) bond motifs is 1. The van der Waals surface area contributed by atoms with Gasteiger partial charge in [-0.2, -0.15) is 0 Å². The zero-order valence-electron chi connectivity index (χ0n) is 18.3. The van der Waals surface area contributed by atoms with Gasteiger partial charge in [0.25, 0.3) is 0 Å². The molecule has 2 aromatic rings. The van der Waals surface area contributed by atoms with Crippen LogP contribution in [0.3, 0.4) is 0 Å². The summed E-state index contributed by atoms with van der Waals surface area (Å²) in [5.74, 6) is 0.331. The molecule has 1 aromatic heterocycles. The predicted molar refractivity (Wildman–Crippen MR) is 126 cm³/mol. The van der Waals surface area contributed by atoms with Crippen molar-refractivity contribution in [1.29, 1.82) is 0 Å². The molecule has 166 valence electrons. The van der Waals surface area contributed by atoms with Crippen LogP contribution in [0, 0.1) is 5.92 Å². The number of halogens is 1. The van der Waals surface area contributed by atoms with E-state index in [1.54, 1.807) is 6.20 Å².